The van der Waals surface area contributed by atoms with Crippen LogP contribution >= 0.6 is 0 Å². The molecule has 0 spiro atoms. The summed E-state index contributed by atoms with van der Waals surface area (Å²) in [4.78, 5) is 2.45. The molecule has 0 radical (unpaired) electrons. The van der Waals surface area contributed by atoms with Crippen LogP contribution in [0.25, 0.3) is 0 Å². The molecule has 0 aromatic rings. The minimum atomic E-state index is 0.214. The molecule has 2 N–H and O–H groups in total. The molecule has 0 aromatic carbocycles. The molecule has 0 bridgehead atoms. The predicted octanol–water partition coefficient (Wildman–Crippen LogP) is 2.89. The second kappa shape index (κ2) is 7.61. The van der Waals surface area contributed by atoms with Gasteiger partial charge in [0, 0.05) is 18.6 Å². The van der Waals surface area contributed by atoms with Crippen LogP contribution < -0.4 is 5.73 Å². The third-order valence-electron chi connectivity index (χ3n) is 4.97. The molecule has 1 rings (SSSR count). The molecule has 0 aliphatic heterocycles. The molecule has 1 fully saturated rings. The molecule has 0 amide bonds. The fourth-order valence-corrected chi connectivity index (χ4v) is 3.25. The van der Waals surface area contributed by atoms with E-state index in [9.17, 15) is 0 Å². The Hall–Kier alpha value is -0.120. The lowest BCUT2D eigenvalue weighted by Gasteiger charge is -2.46. The van der Waals surface area contributed by atoms with E-state index in [1.807, 2.05) is 0 Å². The Labute approximate surface area is 119 Å². The van der Waals surface area contributed by atoms with E-state index in [1.54, 1.807) is 0 Å². The van der Waals surface area contributed by atoms with Gasteiger partial charge in [0.05, 0.1) is 12.7 Å². The van der Waals surface area contributed by atoms with Gasteiger partial charge >= 0.3 is 0 Å². The van der Waals surface area contributed by atoms with Crippen molar-refractivity contribution in [3.63, 3.8) is 0 Å². The zero-order chi connectivity index (χ0) is 14.5. The third-order valence-corrected chi connectivity index (χ3v) is 4.97. The standard InChI is InChI=1S/C16H34N2O/c1-13(2)15-6-8-16(12-17,9-7-15)18(5)10-11-19-14(3)4/h13-15H,6-12,17H2,1-5H3. The molecule has 1 aliphatic carbocycles. The Morgan fingerprint density at radius 1 is 1.21 bits per heavy atom. The minimum Gasteiger partial charge on any atom is -0.377 e. The fourth-order valence-electron chi connectivity index (χ4n) is 3.25. The van der Waals surface area contributed by atoms with E-state index in [-0.39, 0.29) is 5.54 Å². The van der Waals surface area contributed by atoms with Crippen LogP contribution in [0.1, 0.15) is 53.4 Å². The number of nitrogens with two attached hydrogens (primary N) is 1. The molecule has 3 heteroatoms. The van der Waals surface area contributed by atoms with Crippen molar-refractivity contribution in [3.05, 3.63) is 0 Å². The first-order chi connectivity index (χ1) is 8.91. The minimum absolute atomic E-state index is 0.214. The van der Waals surface area contributed by atoms with Crippen molar-refractivity contribution in [2.24, 2.45) is 17.6 Å². The van der Waals surface area contributed by atoms with Crippen LogP contribution in [-0.4, -0.2) is 43.3 Å². The maximum Gasteiger partial charge on any atom is 0.0597 e. The van der Waals surface area contributed by atoms with E-state index in [0.717, 1.165) is 31.5 Å². The van der Waals surface area contributed by atoms with Crippen LogP contribution in [0.15, 0.2) is 0 Å². The van der Waals surface area contributed by atoms with Gasteiger partial charge in [0.2, 0.25) is 0 Å². The summed E-state index contributed by atoms with van der Waals surface area (Å²) in [5.74, 6) is 1.70. The average Bonchev–Trinajstić information content (AvgIpc) is 2.38. The maximum atomic E-state index is 6.11. The molecular formula is C16H34N2O. The van der Waals surface area contributed by atoms with Crippen molar-refractivity contribution in [2.45, 2.75) is 65.0 Å². The summed E-state index contributed by atoms with van der Waals surface area (Å²) < 4.78 is 5.67. The van der Waals surface area contributed by atoms with Crippen LogP contribution in [0.4, 0.5) is 0 Å². The number of likely N-dealkylation sites (N-methyl/N-ethyl adjacent to an activating group) is 1. The van der Waals surface area contributed by atoms with Crippen molar-refractivity contribution in [1.82, 2.24) is 4.90 Å². The highest BCUT2D eigenvalue weighted by Crippen LogP contribution is 2.38. The van der Waals surface area contributed by atoms with Crippen molar-refractivity contribution in [2.75, 3.05) is 26.7 Å². The number of hydrogen-bond acceptors (Lipinski definition) is 3. The molecule has 0 heterocycles. The second-order valence-electron chi connectivity index (χ2n) is 6.85. The highest BCUT2D eigenvalue weighted by Gasteiger charge is 2.37. The van der Waals surface area contributed by atoms with Crippen molar-refractivity contribution >= 4 is 0 Å². The van der Waals surface area contributed by atoms with Gasteiger partial charge in [0.15, 0.2) is 0 Å². The summed E-state index contributed by atoms with van der Waals surface area (Å²) in [7, 11) is 2.21. The molecule has 0 aromatic heterocycles. The van der Waals surface area contributed by atoms with Gasteiger partial charge in [0.25, 0.3) is 0 Å². The van der Waals surface area contributed by atoms with E-state index in [4.69, 9.17) is 10.5 Å². The quantitative estimate of drug-likeness (QED) is 0.773. The van der Waals surface area contributed by atoms with Crippen molar-refractivity contribution in [1.29, 1.82) is 0 Å². The molecule has 114 valence electrons. The normalized spacial score (nSPS) is 28.6. The lowest BCUT2D eigenvalue weighted by Crippen LogP contribution is -2.55. The van der Waals surface area contributed by atoms with Crippen molar-refractivity contribution < 1.29 is 4.74 Å². The Kier molecular flexibility index (Phi) is 6.78. The summed E-state index contributed by atoms with van der Waals surface area (Å²) in [5.41, 5.74) is 6.32. The number of rotatable bonds is 7. The molecule has 1 aliphatic rings. The van der Waals surface area contributed by atoms with Gasteiger partial charge in [-0.1, -0.05) is 13.8 Å². The summed E-state index contributed by atoms with van der Waals surface area (Å²) in [5, 5.41) is 0. The Balaban J connectivity index is 2.47. The smallest absolute Gasteiger partial charge is 0.0597 e. The van der Waals surface area contributed by atoms with Gasteiger partial charge in [-0.2, -0.15) is 0 Å². The zero-order valence-electron chi connectivity index (χ0n) is 13.6. The molecule has 1 saturated carbocycles. The summed E-state index contributed by atoms with van der Waals surface area (Å²) in [6.45, 7) is 11.4. The second-order valence-corrected chi connectivity index (χ2v) is 6.85. The molecule has 0 atom stereocenters. The van der Waals surface area contributed by atoms with Crippen LogP contribution in [0.5, 0.6) is 0 Å². The van der Waals surface area contributed by atoms with Crippen molar-refractivity contribution in [3.8, 4) is 0 Å². The highest BCUT2D eigenvalue weighted by atomic mass is 16.5. The van der Waals surface area contributed by atoms with Crippen LogP contribution in [0.2, 0.25) is 0 Å². The van der Waals surface area contributed by atoms with Gasteiger partial charge in [-0.3, -0.25) is 4.90 Å². The van der Waals surface area contributed by atoms with Gasteiger partial charge in [0.1, 0.15) is 0 Å². The Morgan fingerprint density at radius 3 is 2.21 bits per heavy atom. The third kappa shape index (κ3) is 4.73. The Bertz CT molecular complexity index is 245. The maximum absolute atomic E-state index is 6.11. The summed E-state index contributed by atoms with van der Waals surface area (Å²) in [6.07, 6.45) is 5.45. The van der Waals surface area contributed by atoms with Gasteiger partial charge in [-0.25, -0.2) is 0 Å². The first-order valence-corrected chi connectivity index (χ1v) is 7.94. The number of nitrogens with zero attached hydrogens (tertiary/aromatic N) is 1. The van der Waals surface area contributed by atoms with Crippen LogP contribution in [-0.2, 0) is 4.74 Å². The fraction of sp³-hybridized carbons (Fsp3) is 1.00. The topological polar surface area (TPSA) is 38.5 Å². The molecular weight excluding hydrogens is 236 g/mol. The summed E-state index contributed by atoms with van der Waals surface area (Å²) in [6, 6.07) is 0. The number of ether oxygens (including phenoxy) is 1. The predicted molar refractivity (Wildman–Crippen MR) is 82.3 cm³/mol. The monoisotopic (exact) mass is 270 g/mol. The first-order valence-electron chi connectivity index (χ1n) is 7.94. The average molecular weight is 270 g/mol. The Morgan fingerprint density at radius 2 is 1.79 bits per heavy atom. The van der Waals surface area contributed by atoms with E-state index in [2.05, 4.69) is 39.6 Å². The van der Waals surface area contributed by atoms with E-state index in [1.165, 1.54) is 25.7 Å². The lowest BCUT2D eigenvalue weighted by atomic mass is 9.72. The molecule has 3 nitrogen and oxygen atoms in total. The SMILES string of the molecule is CC(C)OCCN(C)C1(CN)CCC(C(C)C)CC1. The van der Waals surface area contributed by atoms with Gasteiger partial charge in [-0.15, -0.1) is 0 Å². The zero-order valence-corrected chi connectivity index (χ0v) is 13.6. The van der Waals surface area contributed by atoms with Crippen LogP contribution in [0.3, 0.4) is 0 Å². The number of hydrogen-bond donors (Lipinski definition) is 1. The molecule has 19 heavy (non-hydrogen) atoms. The molecule has 0 saturated heterocycles. The lowest BCUT2D eigenvalue weighted by molar-refractivity contribution is 0.0118. The largest absolute Gasteiger partial charge is 0.377 e. The van der Waals surface area contributed by atoms with E-state index >= 15 is 0 Å². The van der Waals surface area contributed by atoms with Gasteiger partial charge in [-0.05, 0) is 58.4 Å². The molecule has 0 unspecified atom stereocenters. The van der Waals surface area contributed by atoms with E-state index < -0.39 is 0 Å². The van der Waals surface area contributed by atoms with E-state index in [0.29, 0.717) is 6.10 Å². The van der Waals surface area contributed by atoms with Gasteiger partial charge < -0.3 is 10.5 Å². The highest BCUT2D eigenvalue weighted by molar-refractivity contribution is 4.95. The van der Waals surface area contributed by atoms with Crippen LogP contribution in [0, 0.1) is 11.8 Å². The summed E-state index contributed by atoms with van der Waals surface area (Å²) >= 11 is 0. The first kappa shape index (κ1) is 16.9.